The third-order valence-corrected chi connectivity index (χ3v) is 5.05. The molecule has 2 N–H and O–H groups in total. The lowest BCUT2D eigenvalue weighted by atomic mass is 10.1. The fourth-order valence-corrected chi connectivity index (χ4v) is 3.37. The van der Waals surface area contributed by atoms with E-state index in [-0.39, 0.29) is 17.4 Å². The molecule has 4 rings (SSSR count). The van der Waals surface area contributed by atoms with Crippen molar-refractivity contribution >= 4 is 17.4 Å². The van der Waals surface area contributed by atoms with E-state index in [1.165, 1.54) is 10.8 Å². The number of aromatic nitrogens is 3. The highest BCUT2D eigenvalue weighted by Gasteiger charge is 2.32. The molecule has 2 aliphatic rings. The lowest BCUT2D eigenvalue weighted by molar-refractivity contribution is -0.123. The van der Waals surface area contributed by atoms with Crippen LogP contribution in [0.4, 0.5) is 24.7 Å². The lowest BCUT2D eigenvalue weighted by Gasteiger charge is -2.27. The van der Waals surface area contributed by atoms with Gasteiger partial charge in [0.25, 0.3) is 11.5 Å². The number of amides is 1. The number of nitrogens with one attached hydrogen (secondary N) is 2. The summed E-state index contributed by atoms with van der Waals surface area (Å²) in [5.41, 5.74) is 1.06. The largest absolute Gasteiger partial charge is 0.405 e. The van der Waals surface area contributed by atoms with Gasteiger partial charge in [-0.2, -0.15) is 18.1 Å². The van der Waals surface area contributed by atoms with Gasteiger partial charge in [-0.1, -0.05) is 5.18 Å². The second-order valence-corrected chi connectivity index (χ2v) is 7.46. The fourth-order valence-electron chi connectivity index (χ4n) is 3.37. The molecule has 2 unspecified atom stereocenters. The molecule has 1 amide bonds. The highest BCUT2D eigenvalue weighted by atomic mass is 19.4. The summed E-state index contributed by atoms with van der Waals surface area (Å²) in [5.74, 6) is -0.686. The average Bonchev–Trinajstić information content (AvgIpc) is 3.14. The molecular formula is C19H22F3N7O3. The van der Waals surface area contributed by atoms with Crippen molar-refractivity contribution in [1.29, 1.82) is 0 Å². The molecular weight excluding hydrogens is 431 g/mol. The Labute approximate surface area is 180 Å². The maximum absolute atomic E-state index is 12.0. The molecule has 2 bridgehead atoms. The van der Waals surface area contributed by atoms with E-state index in [4.69, 9.17) is 0 Å². The maximum atomic E-state index is 12.0. The summed E-state index contributed by atoms with van der Waals surface area (Å²) < 4.78 is 37.6. The fraction of sp³-hybridized carbons (Fsp3) is 0.474. The van der Waals surface area contributed by atoms with Crippen LogP contribution in [0.5, 0.6) is 0 Å². The molecule has 2 atom stereocenters. The number of nitroso groups, excluding NO2 is 1. The van der Waals surface area contributed by atoms with Crippen LogP contribution >= 0.6 is 0 Å². The van der Waals surface area contributed by atoms with Crippen molar-refractivity contribution in [2.75, 3.05) is 29.9 Å². The summed E-state index contributed by atoms with van der Waals surface area (Å²) in [6.07, 6.45) is -0.373. The van der Waals surface area contributed by atoms with Crippen LogP contribution in [0.3, 0.4) is 0 Å². The third-order valence-electron chi connectivity index (χ3n) is 5.05. The van der Waals surface area contributed by atoms with Crippen LogP contribution in [-0.4, -0.2) is 52.3 Å². The van der Waals surface area contributed by atoms with Gasteiger partial charge < -0.3 is 20.1 Å². The average molecular weight is 453 g/mol. The Kier molecular flexibility index (Phi) is 6.75. The molecule has 2 aromatic rings. The van der Waals surface area contributed by atoms with Crippen LogP contribution in [0.1, 0.15) is 35.6 Å². The molecule has 0 spiro atoms. The van der Waals surface area contributed by atoms with Crippen molar-refractivity contribution in [2.24, 2.45) is 12.2 Å². The molecule has 1 fully saturated rings. The molecule has 172 valence electrons. The van der Waals surface area contributed by atoms with Crippen molar-refractivity contribution in [3.8, 4) is 0 Å². The summed E-state index contributed by atoms with van der Waals surface area (Å²) in [4.78, 5) is 43.0. The summed E-state index contributed by atoms with van der Waals surface area (Å²) >= 11 is 0. The Bertz CT molecular complexity index is 1060. The predicted molar refractivity (Wildman–Crippen MR) is 111 cm³/mol. The van der Waals surface area contributed by atoms with Gasteiger partial charge in [-0.05, 0) is 25.5 Å². The van der Waals surface area contributed by atoms with Crippen LogP contribution in [-0.2, 0) is 7.05 Å². The number of carbonyl (C=O) groups excluding carboxylic acids is 1. The highest BCUT2D eigenvalue weighted by Crippen LogP contribution is 2.33. The lowest BCUT2D eigenvalue weighted by Crippen LogP contribution is -2.36. The summed E-state index contributed by atoms with van der Waals surface area (Å²) in [6, 6.07) is 3.04. The van der Waals surface area contributed by atoms with Gasteiger partial charge in [-0.25, -0.2) is 9.97 Å². The number of anilines is 2. The zero-order valence-electron chi connectivity index (χ0n) is 17.4. The minimum absolute atomic E-state index is 0.162. The Morgan fingerprint density at radius 1 is 1.44 bits per heavy atom. The Morgan fingerprint density at radius 3 is 2.88 bits per heavy atom. The Balaban J connectivity index is 0.000000207. The number of carbonyl (C=O) groups is 1. The zero-order chi connectivity index (χ0) is 23.5. The third kappa shape index (κ3) is 5.39. The van der Waals surface area contributed by atoms with Crippen molar-refractivity contribution in [2.45, 2.75) is 31.6 Å². The van der Waals surface area contributed by atoms with Gasteiger partial charge >= 0.3 is 6.18 Å². The zero-order valence-corrected chi connectivity index (χ0v) is 17.4. The smallest absolute Gasteiger partial charge is 0.365 e. The molecule has 2 aliphatic heterocycles. The summed E-state index contributed by atoms with van der Waals surface area (Å²) in [6.45, 7) is 1.95. The number of rotatable bonds is 4. The number of fused-ring (bicyclic) bond motifs is 4. The van der Waals surface area contributed by atoms with Crippen molar-refractivity contribution in [1.82, 2.24) is 19.9 Å². The van der Waals surface area contributed by atoms with Gasteiger partial charge in [-0.3, -0.25) is 9.59 Å². The van der Waals surface area contributed by atoms with Gasteiger partial charge in [-0.15, -0.1) is 0 Å². The van der Waals surface area contributed by atoms with Crippen LogP contribution in [0.2, 0.25) is 0 Å². The molecule has 2 aromatic heterocycles. The SMILES string of the molecule is CC(N=O)c1cccn(C)c1=O.O=C(NCC(F)(F)F)c1ncc2c(n1)NC1CCN2C1. The van der Waals surface area contributed by atoms with E-state index in [1.54, 1.807) is 37.6 Å². The molecule has 10 nitrogen and oxygen atoms in total. The molecule has 0 saturated carbocycles. The molecule has 4 heterocycles. The number of nitrogens with zero attached hydrogens (tertiary/aromatic N) is 5. The molecule has 0 aliphatic carbocycles. The van der Waals surface area contributed by atoms with E-state index < -0.39 is 24.7 Å². The number of halogens is 3. The Morgan fingerprint density at radius 2 is 2.19 bits per heavy atom. The van der Waals surface area contributed by atoms with E-state index in [9.17, 15) is 27.7 Å². The normalized spacial score (nSPS) is 17.4. The quantitative estimate of drug-likeness (QED) is 0.679. The van der Waals surface area contributed by atoms with Crippen molar-refractivity contribution in [3.05, 3.63) is 51.2 Å². The monoisotopic (exact) mass is 453 g/mol. The van der Waals surface area contributed by atoms with Crippen LogP contribution in [0.15, 0.2) is 34.5 Å². The number of pyridine rings is 1. The Hall–Kier alpha value is -3.51. The van der Waals surface area contributed by atoms with Gasteiger partial charge in [0.2, 0.25) is 5.82 Å². The van der Waals surface area contributed by atoms with E-state index in [2.05, 4.69) is 25.4 Å². The second kappa shape index (κ2) is 9.32. The van der Waals surface area contributed by atoms with Crippen LogP contribution < -0.4 is 21.1 Å². The summed E-state index contributed by atoms with van der Waals surface area (Å²) in [5, 5.41) is 7.71. The molecule has 0 radical (unpaired) electrons. The standard InChI is InChI=1S/C11H12F3N5O.C8H10N2O2/c12-11(13,14)5-16-10(20)9-15-3-7-8(18-9)17-6-1-2-19(7)4-6;1-6(9-12)7-4-3-5-10(2)8(7)11/h3,6H,1-2,4-5H2,(H,16,20)(H,15,17,18);3-6H,1-2H3. The molecule has 0 aromatic carbocycles. The second-order valence-electron chi connectivity index (χ2n) is 7.46. The predicted octanol–water partition coefficient (Wildman–Crippen LogP) is 1.99. The van der Waals surface area contributed by atoms with Gasteiger partial charge in [0.1, 0.15) is 12.6 Å². The highest BCUT2D eigenvalue weighted by molar-refractivity contribution is 5.91. The van der Waals surface area contributed by atoms with Crippen molar-refractivity contribution in [3.63, 3.8) is 0 Å². The minimum atomic E-state index is -4.45. The number of hydrogen-bond donors (Lipinski definition) is 2. The molecule has 1 saturated heterocycles. The topological polar surface area (TPSA) is 122 Å². The van der Waals surface area contributed by atoms with Crippen LogP contribution in [0.25, 0.3) is 0 Å². The first kappa shape index (κ1) is 23.2. The number of aryl methyl sites for hydroxylation is 1. The van der Waals surface area contributed by atoms with E-state index in [0.29, 0.717) is 11.4 Å². The maximum Gasteiger partial charge on any atom is 0.405 e. The van der Waals surface area contributed by atoms with Crippen LogP contribution in [0, 0.1) is 4.91 Å². The molecule has 32 heavy (non-hydrogen) atoms. The number of hydrogen-bond acceptors (Lipinski definition) is 8. The number of alkyl halides is 3. The van der Waals surface area contributed by atoms with Gasteiger partial charge in [0, 0.05) is 37.9 Å². The van der Waals surface area contributed by atoms with Crippen molar-refractivity contribution < 1.29 is 18.0 Å². The summed E-state index contributed by atoms with van der Waals surface area (Å²) in [7, 11) is 1.64. The first-order chi connectivity index (χ1) is 15.1. The van der Waals surface area contributed by atoms with E-state index >= 15 is 0 Å². The minimum Gasteiger partial charge on any atom is -0.365 e. The molecule has 13 heteroatoms. The first-order valence-corrected chi connectivity index (χ1v) is 9.80. The first-order valence-electron chi connectivity index (χ1n) is 9.80. The van der Waals surface area contributed by atoms with Gasteiger partial charge in [0.05, 0.1) is 11.9 Å². The van der Waals surface area contributed by atoms with Gasteiger partial charge in [0.15, 0.2) is 5.82 Å². The van der Waals surface area contributed by atoms with E-state index in [1.807, 2.05) is 0 Å². The van der Waals surface area contributed by atoms with E-state index in [0.717, 1.165) is 25.2 Å².